The highest BCUT2D eigenvalue weighted by molar-refractivity contribution is 6.14. The van der Waals surface area contributed by atoms with Gasteiger partial charge in [0, 0.05) is 54.8 Å². The van der Waals surface area contributed by atoms with E-state index in [0.717, 1.165) is 50.4 Å². The molecular formula is C64H41N3O. The fourth-order valence-corrected chi connectivity index (χ4v) is 10.8. The third-order valence-electron chi connectivity index (χ3n) is 13.9. The summed E-state index contributed by atoms with van der Waals surface area (Å²) in [5.41, 5.74) is 15.2. The molecule has 0 N–H and O–H groups in total. The predicted molar refractivity (Wildman–Crippen MR) is 284 cm³/mol. The quantitative estimate of drug-likeness (QED) is 0.157. The number of rotatable bonds is 7. The van der Waals surface area contributed by atoms with Crippen molar-refractivity contribution < 1.29 is 4.74 Å². The van der Waals surface area contributed by atoms with E-state index in [1.807, 2.05) is 6.07 Å². The van der Waals surface area contributed by atoms with E-state index in [0.29, 0.717) is 0 Å². The first-order valence-electron chi connectivity index (χ1n) is 23.2. The molecule has 4 nitrogen and oxygen atoms in total. The Balaban J connectivity index is 0.932. The monoisotopic (exact) mass is 867 g/mol. The summed E-state index contributed by atoms with van der Waals surface area (Å²) in [7, 11) is 0. The summed E-state index contributed by atoms with van der Waals surface area (Å²) >= 11 is 0. The number of para-hydroxylation sites is 4. The molecule has 68 heavy (non-hydrogen) atoms. The van der Waals surface area contributed by atoms with Gasteiger partial charge in [0.2, 0.25) is 0 Å². The second-order valence-electron chi connectivity index (χ2n) is 17.7. The van der Waals surface area contributed by atoms with E-state index in [4.69, 9.17) is 4.74 Å². The van der Waals surface area contributed by atoms with Gasteiger partial charge in [-0.25, -0.2) is 0 Å². The lowest BCUT2D eigenvalue weighted by molar-refractivity contribution is 0.488. The Kier molecular flexibility index (Phi) is 8.55. The topological polar surface area (TPSA) is 24.0 Å². The van der Waals surface area contributed by atoms with Crippen LogP contribution in [0, 0.1) is 0 Å². The standard InChI is InChI=1S/C64H41N3O/c1-3-16-47(17-4-1)65-58-23-11-9-21-52(58)54-38-43(26-34-60(54)65)45-28-36-62-56(40-45)57-41-46(44-27-35-61-55(39-44)53-22-10-12-24-59(53)66(61)48-18-5-2-6-19-48)29-37-63(57)67(62)49-30-32-50(33-31-49)68-64-25-13-15-42-14-7-8-20-51(42)64/h1-41H. The highest BCUT2D eigenvalue weighted by Crippen LogP contribution is 2.41. The summed E-state index contributed by atoms with van der Waals surface area (Å²) in [6.45, 7) is 0. The Morgan fingerprint density at radius 1 is 0.235 bits per heavy atom. The number of hydrogen-bond acceptors (Lipinski definition) is 1. The van der Waals surface area contributed by atoms with Crippen LogP contribution in [0.3, 0.4) is 0 Å². The van der Waals surface area contributed by atoms with Crippen molar-refractivity contribution in [3.8, 4) is 50.8 Å². The van der Waals surface area contributed by atoms with Gasteiger partial charge in [-0.2, -0.15) is 0 Å². The third kappa shape index (κ3) is 6.01. The Morgan fingerprint density at radius 2 is 0.588 bits per heavy atom. The van der Waals surface area contributed by atoms with Gasteiger partial charge in [-0.05, 0) is 143 Å². The molecule has 0 unspecified atom stereocenters. The van der Waals surface area contributed by atoms with Crippen LogP contribution in [0.4, 0.5) is 0 Å². The van der Waals surface area contributed by atoms with E-state index in [-0.39, 0.29) is 0 Å². The fraction of sp³-hybridized carbons (Fsp3) is 0. The molecule has 14 aromatic rings. The molecule has 0 spiro atoms. The van der Waals surface area contributed by atoms with Gasteiger partial charge < -0.3 is 18.4 Å². The van der Waals surface area contributed by atoms with Crippen molar-refractivity contribution in [2.75, 3.05) is 0 Å². The van der Waals surface area contributed by atoms with E-state index in [2.05, 4.69) is 256 Å². The molecule has 14 rings (SSSR count). The van der Waals surface area contributed by atoms with Crippen LogP contribution in [0.5, 0.6) is 11.5 Å². The van der Waals surface area contributed by atoms with Gasteiger partial charge in [0.1, 0.15) is 11.5 Å². The molecule has 0 aliphatic heterocycles. The van der Waals surface area contributed by atoms with E-state index in [1.54, 1.807) is 0 Å². The molecule has 4 heteroatoms. The molecule has 0 saturated carbocycles. The van der Waals surface area contributed by atoms with Gasteiger partial charge in [0.15, 0.2) is 0 Å². The van der Waals surface area contributed by atoms with Crippen molar-refractivity contribution >= 4 is 76.2 Å². The largest absolute Gasteiger partial charge is 0.457 e. The van der Waals surface area contributed by atoms with Crippen LogP contribution in [-0.2, 0) is 0 Å². The zero-order valence-electron chi connectivity index (χ0n) is 36.9. The lowest BCUT2D eigenvalue weighted by atomic mass is 9.98. The number of nitrogens with zero attached hydrogens (tertiary/aromatic N) is 3. The van der Waals surface area contributed by atoms with Crippen molar-refractivity contribution in [3.63, 3.8) is 0 Å². The average molecular weight is 868 g/mol. The maximum absolute atomic E-state index is 6.52. The molecule has 318 valence electrons. The lowest BCUT2D eigenvalue weighted by Crippen LogP contribution is -1.94. The van der Waals surface area contributed by atoms with Crippen molar-refractivity contribution in [2.24, 2.45) is 0 Å². The minimum atomic E-state index is 0.795. The summed E-state index contributed by atoms with van der Waals surface area (Å²) in [4.78, 5) is 0. The van der Waals surface area contributed by atoms with Crippen LogP contribution < -0.4 is 4.74 Å². The first-order chi connectivity index (χ1) is 33.7. The molecule has 0 amide bonds. The van der Waals surface area contributed by atoms with Crippen LogP contribution >= 0.6 is 0 Å². The molecule has 0 aliphatic carbocycles. The SMILES string of the molecule is c1ccc(-n2c3ccccc3c3cc(-c4ccc5c(c4)c4cc(-c6ccc7c(c6)c6ccccc6n7-c6ccccc6)ccc4n5-c4ccc(Oc5cccc6ccccc56)cc4)ccc32)cc1. The number of aromatic nitrogens is 3. The number of ether oxygens (including phenoxy) is 1. The van der Waals surface area contributed by atoms with Gasteiger partial charge in [-0.15, -0.1) is 0 Å². The number of benzene rings is 11. The van der Waals surface area contributed by atoms with Gasteiger partial charge in [-0.3, -0.25) is 0 Å². The second-order valence-corrected chi connectivity index (χ2v) is 17.7. The van der Waals surface area contributed by atoms with Crippen LogP contribution in [0.2, 0.25) is 0 Å². The predicted octanol–water partition coefficient (Wildman–Crippen LogP) is 17.3. The Morgan fingerprint density at radius 3 is 1.06 bits per heavy atom. The zero-order chi connectivity index (χ0) is 44.7. The fourth-order valence-electron chi connectivity index (χ4n) is 10.8. The van der Waals surface area contributed by atoms with Crippen LogP contribution in [0.15, 0.2) is 249 Å². The van der Waals surface area contributed by atoms with Gasteiger partial charge >= 0.3 is 0 Å². The Bertz CT molecular complexity index is 4050. The normalized spacial score (nSPS) is 11.8. The molecule has 0 atom stereocenters. The summed E-state index contributed by atoms with van der Waals surface area (Å²) in [5, 5.41) is 9.61. The minimum absolute atomic E-state index is 0.795. The number of fused-ring (bicyclic) bond motifs is 10. The van der Waals surface area contributed by atoms with Gasteiger partial charge in [0.25, 0.3) is 0 Å². The van der Waals surface area contributed by atoms with Gasteiger partial charge in [0.05, 0.1) is 33.1 Å². The lowest BCUT2D eigenvalue weighted by Gasteiger charge is -2.12. The summed E-state index contributed by atoms with van der Waals surface area (Å²) in [6, 6.07) is 89.7. The molecule has 3 aromatic heterocycles. The number of hydrogen-bond donors (Lipinski definition) is 0. The summed E-state index contributed by atoms with van der Waals surface area (Å²) < 4.78 is 13.7. The minimum Gasteiger partial charge on any atom is -0.457 e. The zero-order valence-corrected chi connectivity index (χ0v) is 36.9. The Labute approximate surface area is 392 Å². The van der Waals surface area contributed by atoms with Gasteiger partial charge in [-0.1, -0.05) is 133 Å². The maximum Gasteiger partial charge on any atom is 0.135 e. The third-order valence-corrected chi connectivity index (χ3v) is 13.9. The molecule has 0 radical (unpaired) electrons. The van der Waals surface area contributed by atoms with Crippen molar-refractivity contribution in [3.05, 3.63) is 249 Å². The van der Waals surface area contributed by atoms with E-state index < -0.39 is 0 Å². The first kappa shape index (κ1) is 38.2. The van der Waals surface area contributed by atoms with Crippen molar-refractivity contribution in [1.29, 1.82) is 0 Å². The van der Waals surface area contributed by atoms with E-state index in [1.165, 1.54) is 76.6 Å². The maximum atomic E-state index is 6.52. The molecule has 0 saturated heterocycles. The average Bonchev–Trinajstić information content (AvgIpc) is 4.04. The summed E-state index contributed by atoms with van der Waals surface area (Å²) in [6.07, 6.45) is 0. The van der Waals surface area contributed by atoms with Crippen molar-refractivity contribution in [2.45, 2.75) is 0 Å². The van der Waals surface area contributed by atoms with E-state index >= 15 is 0 Å². The van der Waals surface area contributed by atoms with Crippen LogP contribution in [0.1, 0.15) is 0 Å². The summed E-state index contributed by atoms with van der Waals surface area (Å²) in [5.74, 6) is 1.64. The molecule has 11 aromatic carbocycles. The highest BCUT2D eigenvalue weighted by Gasteiger charge is 2.19. The highest BCUT2D eigenvalue weighted by atomic mass is 16.5. The van der Waals surface area contributed by atoms with Crippen LogP contribution in [-0.4, -0.2) is 13.7 Å². The van der Waals surface area contributed by atoms with Crippen molar-refractivity contribution in [1.82, 2.24) is 13.7 Å². The van der Waals surface area contributed by atoms with Crippen LogP contribution in [0.25, 0.3) is 116 Å². The first-order valence-corrected chi connectivity index (χ1v) is 23.2. The smallest absolute Gasteiger partial charge is 0.135 e. The molecular weight excluding hydrogens is 827 g/mol. The molecule has 0 fully saturated rings. The second kappa shape index (κ2) is 15.2. The molecule has 0 bridgehead atoms. The molecule has 3 heterocycles. The molecule has 0 aliphatic rings. The Hall–Kier alpha value is -9.12. The van der Waals surface area contributed by atoms with E-state index in [9.17, 15) is 0 Å².